The summed E-state index contributed by atoms with van der Waals surface area (Å²) in [5.41, 5.74) is 7.19. The van der Waals surface area contributed by atoms with Gasteiger partial charge in [0.1, 0.15) is 12.6 Å². The number of primary amides is 1. The normalized spacial score (nSPS) is 15.3. The number of ether oxygens (including phenoxy) is 1. The molecule has 1 aliphatic heterocycles. The summed E-state index contributed by atoms with van der Waals surface area (Å²) in [4.78, 5) is 38.6. The molecule has 2 aromatic carbocycles. The third-order valence-electron chi connectivity index (χ3n) is 5.29. The third kappa shape index (κ3) is 6.07. The molecular formula is C23H27N3O4. The highest BCUT2D eigenvalue weighted by Gasteiger charge is 2.31. The Morgan fingerprint density at radius 3 is 2.10 bits per heavy atom. The van der Waals surface area contributed by atoms with Crippen molar-refractivity contribution in [3.63, 3.8) is 0 Å². The van der Waals surface area contributed by atoms with Crippen molar-refractivity contribution >= 4 is 17.9 Å². The second-order valence-electron chi connectivity index (χ2n) is 7.45. The van der Waals surface area contributed by atoms with Crippen molar-refractivity contribution in [2.24, 2.45) is 11.7 Å². The highest BCUT2D eigenvalue weighted by atomic mass is 16.5. The first-order chi connectivity index (χ1) is 14.5. The van der Waals surface area contributed by atoms with Crippen LogP contribution in [0.1, 0.15) is 24.0 Å². The maximum atomic E-state index is 13.1. The Kier molecular flexibility index (Phi) is 7.43. The smallest absolute Gasteiger partial charge is 0.408 e. The molecule has 0 saturated carbocycles. The van der Waals surface area contributed by atoms with Crippen molar-refractivity contribution in [1.29, 1.82) is 0 Å². The van der Waals surface area contributed by atoms with Crippen LogP contribution in [0.5, 0.6) is 0 Å². The molecule has 1 atom stereocenters. The molecule has 3 amide bonds. The first kappa shape index (κ1) is 21.4. The number of alkyl carbamates (subject to hydrolysis) is 1. The number of nitrogens with one attached hydrogen (secondary N) is 1. The van der Waals surface area contributed by atoms with Gasteiger partial charge in [0.15, 0.2) is 0 Å². The SMILES string of the molecule is NC(=O)C1CCN(C(=O)C(Cc2ccccc2)NC(=O)OCc2ccccc2)CC1. The molecule has 1 unspecified atom stereocenters. The molecule has 1 saturated heterocycles. The van der Waals surface area contributed by atoms with Gasteiger partial charge in [-0.3, -0.25) is 9.59 Å². The van der Waals surface area contributed by atoms with Gasteiger partial charge in [0.2, 0.25) is 11.8 Å². The quantitative estimate of drug-likeness (QED) is 0.732. The van der Waals surface area contributed by atoms with Gasteiger partial charge in [0.05, 0.1) is 0 Å². The van der Waals surface area contributed by atoms with E-state index < -0.39 is 12.1 Å². The van der Waals surface area contributed by atoms with Crippen LogP contribution in [0.4, 0.5) is 4.79 Å². The molecule has 158 valence electrons. The van der Waals surface area contributed by atoms with Crippen LogP contribution < -0.4 is 11.1 Å². The second-order valence-corrected chi connectivity index (χ2v) is 7.45. The van der Waals surface area contributed by atoms with Gasteiger partial charge in [-0.2, -0.15) is 0 Å². The van der Waals surface area contributed by atoms with Crippen LogP contribution in [0, 0.1) is 5.92 Å². The summed E-state index contributed by atoms with van der Waals surface area (Å²) in [6.07, 6.45) is 0.797. The van der Waals surface area contributed by atoms with Gasteiger partial charge < -0.3 is 20.7 Å². The predicted octanol–water partition coefficient (Wildman–Crippen LogP) is 2.25. The number of carbonyl (C=O) groups excluding carboxylic acids is 3. The molecule has 1 heterocycles. The number of nitrogens with zero attached hydrogens (tertiary/aromatic N) is 1. The summed E-state index contributed by atoms with van der Waals surface area (Å²) in [5.74, 6) is -0.714. The lowest BCUT2D eigenvalue weighted by Crippen LogP contribution is -2.52. The Labute approximate surface area is 176 Å². The van der Waals surface area contributed by atoms with Gasteiger partial charge in [0, 0.05) is 25.4 Å². The molecule has 0 bridgehead atoms. The number of piperidine rings is 1. The molecule has 0 aromatic heterocycles. The second kappa shape index (κ2) is 10.4. The summed E-state index contributed by atoms with van der Waals surface area (Å²) in [5, 5.41) is 2.72. The van der Waals surface area contributed by atoms with E-state index >= 15 is 0 Å². The van der Waals surface area contributed by atoms with Gasteiger partial charge in [-0.15, -0.1) is 0 Å². The maximum absolute atomic E-state index is 13.1. The van der Waals surface area contributed by atoms with E-state index in [9.17, 15) is 14.4 Å². The van der Waals surface area contributed by atoms with Crippen LogP contribution in [-0.4, -0.2) is 41.9 Å². The summed E-state index contributed by atoms with van der Waals surface area (Å²) >= 11 is 0. The van der Waals surface area contributed by atoms with E-state index in [1.807, 2.05) is 60.7 Å². The van der Waals surface area contributed by atoms with Gasteiger partial charge in [-0.05, 0) is 24.0 Å². The van der Waals surface area contributed by atoms with Crippen molar-refractivity contribution in [3.05, 3.63) is 71.8 Å². The number of rotatable bonds is 7. The molecule has 0 radical (unpaired) electrons. The molecule has 7 nitrogen and oxygen atoms in total. The fourth-order valence-corrected chi connectivity index (χ4v) is 3.56. The number of hydrogen-bond donors (Lipinski definition) is 2. The number of nitrogens with two attached hydrogens (primary N) is 1. The first-order valence-corrected chi connectivity index (χ1v) is 10.1. The van der Waals surface area contributed by atoms with Crippen LogP contribution in [0.25, 0.3) is 0 Å². The summed E-state index contributed by atoms with van der Waals surface area (Å²) in [7, 11) is 0. The largest absolute Gasteiger partial charge is 0.445 e. The third-order valence-corrected chi connectivity index (χ3v) is 5.29. The lowest BCUT2D eigenvalue weighted by molar-refractivity contribution is -0.136. The molecule has 3 N–H and O–H groups in total. The molecule has 1 fully saturated rings. The fourth-order valence-electron chi connectivity index (χ4n) is 3.56. The topological polar surface area (TPSA) is 102 Å². The maximum Gasteiger partial charge on any atom is 0.408 e. The lowest BCUT2D eigenvalue weighted by Gasteiger charge is -2.33. The highest BCUT2D eigenvalue weighted by molar-refractivity contribution is 5.86. The fraction of sp³-hybridized carbons (Fsp3) is 0.348. The van der Waals surface area contributed by atoms with Crippen LogP contribution in [0.15, 0.2) is 60.7 Å². The molecule has 30 heavy (non-hydrogen) atoms. The average Bonchev–Trinajstić information content (AvgIpc) is 2.78. The Morgan fingerprint density at radius 1 is 0.967 bits per heavy atom. The minimum absolute atomic E-state index is 0.128. The summed E-state index contributed by atoms with van der Waals surface area (Å²) in [6, 6.07) is 18.1. The van der Waals surface area contributed by atoms with E-state index in [1.54, 1.807) is 4.90 Å². The van der Waals surface area contributed by atoms with Crippen LogP contribution in [0.2, 0.25) is 0 Å². The average molecular weight is 409 g/mol. The van der Waals surface area contributed by atoms with Crippen LogP contribution in [-0.2, 0) is 27.4 Å². The first-order valence-electron chi connectivity index (χ1n) is 10.1. The van der Waals surface area contributed by atoms with Crippen LogP contribution >= 0.6 is 0 Å². The zero-order valence-corrected chi connectivity index (χ0v) is 16.8. The molecule has 0 aliphatic carbocycles. The monoisotopic (exact) mass is 409 g/mol. The number of hydrogen-bond acceptors (Lipinski definition) is 4. The minimum Gasteiger partial charge on any atom is -0.445 e. The molecular weight excluding hydrogens is 382 g/mol. The summed E-state index contributed by atoms with van der Waals surface area (Å²) < 4.78 is 5.30. The zero-order chi connectivity index (χ0) is 21.3. The van der Waals surface area contributed by atoms with Crippen LogP contribution in [0.3, 0.4) is 0 Å². The highest BCUT2D eigenvalue weighted by Crippen LogP contribution is 2.18. The number of carbonyl (C=O) groups is 3. The van der Waals surface area contributed by atoms with Crippen molar-refractivity contribution in [2.75, 3.05) is 13.1 Å². The Hall–Kier alpha value is -3.35. The van der Waals surface area contributed by atoms with E-state index in [-0.39, 0.29) is 24.3 Å². The predicted molar refractivity (Wildman–Crippen MR) is 112 cm³/mol. The Balaban J connectivity index is 1.63. The van der Waals surface area contributed by atoms with Crippen molar-refractivity contribution in [2.45, 2.75) is 31.9 Å². The standard InChI is InChI=1S/C23H27N3O4/c24-21(27)19-11-13-26(14-12-19)22(28)20(15-17-7-3-1-4-8-17)25-23(29)30-16-18-9-5-2-6-10-18/h1-10,19-20H,11-16H2,(H2,24,27)(H,25,29). The summed E-state index contributed by atoms with van der Waals surface area (Å²) in [6.45, 7) is 1.01. The number of benzene rings is 2. The van der Waals surface area contributed by atoms with Gasteiger partial charge in [-0.1, -0.05) is 60.7 Å². The van der Waals surface area contributed by atoms with E-state index in [1.165, 1.54) is 0 Å². The van der Waals surface area contributed by atoms with E-state index in [4.69, 9.17) is 10.5 Å². The minimum atomic E-state index is -0.749. The van der Waals surface area contributed by atoms with E-state index in [0.717, 1.165) is 11.1 Å². The Bertz CT molecular complexity index is 849. The zero-order valence-electron chi connectivity index (χ0n) is 16.8. The van der Waals surface area contributed by atoms with Crippen molar-refractivity contribution in [3.8, 4) is 0 Å². The lowest BCUT2D eigenvalue weighted by atomic mass is 9.95. The van der Waals surface area contributed by atoms with Crippen molar-refractivity contribution < 1.29 is 19.1 Å². The molecule has 7 heteroatoms. The van der Waals surface area contributed by atoms with E-state index in [2.05, 4.69) is 5.32 Å². The van der Waals surface area contributed by atoms with Gasteiger partial charge in [0.25, 0.3) is 0 Å². The molecule has 3 rings (SSSR count). The number of amides is 3. The van der Waals surface area contributed by atoms with Gasteiger partial charge >= 0.3 is 6.09 Å². The number of likely N-dealkylation sites (tertiary alicyclic amines) is 1. The molecule has 2 aromatic rings. The van der Waals surface area contributed by atoms with E-state index in [0.29, 0.717) is 32.4 Å². The van der Waals surface area contributed by atoms with Gasteiger partial charge in [-0.25, -0.2) is 4.79 Å². The molecule has 0 spiro atoms. The van der Waals surface area contributed by atoms with Crippen molar-refractivity contribution in [1.82, 2.24) is 10.2 Å². The Morgan fingerprint density at radius 2 is 1.53 bits per heavy atom. The molecule has 1 aliphatic rings.